The highest BCUT2D eigenvalue weighted by Crippen LogP contribution is 2.16. The molecule has 0 radical (unpaired) electrons. The van der Waals surface area contributed by atoms with Crippen molar-refractivity contribution in [2.24, 2.45) is 0 Å². The van der Waals surface area contributed by atoms with Crippen molar-refractivity contribution in [2.45, 2.75) is 0 Å². The van der Waals surface area contributed by atoms with Crippen LogP contribution in [0.4, 0.5) is 0 Å². The van der Waals surface area contributed by atoms with Crippen LogP contribution in [0, 0.1) is 0 Å². The van der Waals surface area contributed by atoms with Crippen molar-refractivity contribution in [1.29, 1.82) is 0 Å². The molecule has 0 aliphatic carbocycles. The van der Waals surface area contributed by atoms with Crippen LogP contribution in [-0.4, -0.2) is 24.2 Å². The van der Waals surface area contributed by atoms with Crippen molar-refractivity contribution in [1.82, 2.24) is 0 Å². The summed E-state index contributed by atoms with van der Waals surface area (Å²) in [5.41, 5.74) is 1.11. The quantitative estimate of drug-likeness (QED) is 0.534. The molecule has 0 spiro atoms. The molecule has 1 N–H and O–H groups in total. The lowest BCUT2D eigenvalue weighted by Gasteiger charge is -2.04. The van der Waals surface area contributed by atoms with E-state index in [1.165, 1.54) is 37.5 Å². The Labute approximate surface area is 127 Å². The predicted molar refractivity (Wildman–Crippen MR) is 80.6 cm³/mol. The van der Waals surface area contributed by atoms with E-state index in [9.17, 15) is 14.7 Å². The number of benzene rings is 2. The lowest BCUT2D eigenvalue weighted by molar-refractivity contribution is -0.134. The average Bonchev–Trinajstić information content (AvgIpc) is 2.54. The molecule has 5 heteroatoms. The summed E-state index contributed by atoms with van der Waals surface area (Å²) in [7, 11) is 1.30. The number of carbonyl (C=O) groups is 2. The number of ether oxygens (including phenoxy) is 2. The SMILES string of the molecule is COC(=O)/C=C/c1ccc(OC(=O)c2ccc(O)cc2)cc1. The topological polar surface area (TPSA) is 72.8 Å². The van der Waals surface area contributed by atoms with Gasteiger partial charge in [-0.05, 0) is 48.0 Å². The van der Waals surface area contributed by atoms with E-state index in [4.69, 9.17) is 4.74 Å². The first-order valence-corrected chi connectivity index (χ1v) is 6.46. The van der Waals surface area contributed by atoms with E-state index in [0.717, 1.165) is 5.56 Å². The number of hydrogen-bond donors (Lipinski definition) is 1. The summed E-state index contributed by atoms with van der Waals surface area (Å²) in [6.45, 7) is 0. The maximum Gasteiger partial charge on any atom is 0.343 e. The second-order valence-electron chi connectivity index (χ2n) is 4.36. The number of esters is 2. The van der Waals surface area contributed by atoms with Gasteiger partial charge in [-0.2, -0.15) is 0 Å². The molecule has 0 heterocycles. The van der Waals surface area contributed by atoms with Gasteiger partial charge < -0.3 is 14.6 Å². The number of hydrogen-bond acceptors (Lipinski definition) is 5. The van der Waals surface area contributed by atoms with Crippen LogP contribution in [0.3, 0.4) is 0 Å². The van der Waals surface area contributed by atoms with Crippen LogP contribution in [0.2, 0.25) is 0 Å². The summed E-state index contributed by atoms with van der Waals surface area (Å²) < 4.78 is 9.70. The standard InChI is InChI=1S/C17H14O5/c1-21-16(19)11-4-12-2-9-15(10-3-12)22-17(20)13-5-7-14(18)8-6-13/h2-11,18H,1H3/b11-4+. The maximum absolute atomic E-state index is 11.9. The van der Waals surface area contributed by atoms with Crippen molar-refractivity contribution in [3.8, 4) is 11.5 Å². The Hall–Kier alpha value is -3.08. The minimum Gasteiger partial charge on any atom is -0.508 e. The van der Waals surface area contributed by atoms with Crippen LogP contribution < -0.4 is 4.74 Å². The van der Waals surface area contributed by atoms with E-state index in [-0.39, 0.29) is 5.75 Å². The Kier molecular flexibility index (Phi) is 4.93. The first-order chi connectivity index (χ1) is 10.6. The molecular formula is C17H14O5. The van der Waals surface area contributed by atoms with Gasteiger partial charge in [-0.3, -0.25) is 0 Å². The van der Waals surface area contributed by atoms with Gasteiger partial charge >= 0.3 is 11.9 Å². The third-order valence-electron chi connectivity index (χ3n) is 2.81. The zero-order valence-corrected chi connectivity index (χ0v) is 11.9. The number of phenols is 1. The molecule has 0 bridgehead atoms. The molecule has 2 aromatic rings. The molecule has 0 aromatic heterocycles. The molecule has 0 saturated heterocycles. The monoisotopic (exact) mass is 298 g/mol. The van der Waals surface area contributed by atoms with Crippen LogP contribution >= 0.6 is 0 Å². The van der Waals surface area contributed by atoms with Crippen LogP contribution in [0.5, 0.6) is 11.5 Å². The lowest BCUT2D eigenvalue weighted by atomic mass is 10.2. The Bertz CT molecular complexity index is 684. The first kappa shape index (κ1) is 15.3. The first-order valence-electron chi connectivity index (χ1n) is 6.46. The molecule has 5 nitrogen and oxygen atoms in total. The number of carbonyl (C=O) groups excluding carboxylic acids is 2. The molecule has 112 valence electrons. The minimum absolute atomic E-state index is 0.0818. The van der Waals surface area contributed by atoms with E-state index in [2.05, 4.69) is 4.74 Å². The summed E-state index contributed by atoms with van der Waals surface area (Å²) >= 11 is 0. The van der Waals surface area contributed by atoms with Gasteiger partial charge in [0.1, 0.15) is 11.5 Å². The molecule has 0 aliphatic heterocycles. The lowest BCUT2D eigenvalue weighted by Crippen LogP contribution is -2.07. The molecule has 0 unspecified atom stereocenters. The maximum atomic E-state index is 11.9. The van der Waals surface area contributed by atoms with E-state index in [1.54, 1.807) is 30.3 Å². The normalized spacial score (nSPS) is 10.4. The van der Waals surface area contributed by atoms with Crippen molar-refractivity contribution < 1.29 is 24.2 Å². The molecule has 0 aliphatic rings. The van der Waals surface area contributed by atoms with Gasteiger partial charge in [0.15, 0.2) is 0 Å². The predicted octanol–water partition coefficient (Wildman–Crippen LogP) is 2.80. The molecule has 2 aromatic carbocycles. The fourth-order valence-electron chi connectivity index (χ4n) is 1.64. The van der Waals surface area contributed by atoms with Gasteiger partial charge in [0.25, 0.3) is 0 Å². The van der Waals surface area contributed by atoms with Crippen molar-refractivity contribution in [3.05, 3.63) is 65.7 Å². The number of phenolic OH excluding ortho intramolecular Hbond substituents is 1. The van der Waals surface area contributed by atoms with Crippen molar-refractivity contribution in [3.63, 3.8) is 0 Å². The minimum atomic E-state index is -0.516. The van der Waals surface area contributed by atoms with Gasteiger partial charge in [-0.1, -0.05) is 12.1 Å². The summed E-state index contributed by atoms with van der Waals surface area (Å²) in [5.74, 6) is -0.493. The molecule has 2 rings (SSSR count). The molecule has 0 amide bonds. The summed E-state index contributed by atoms with van der Waals surface area (Å²) in [6.07, 6.45) is 2.90. The third kappa shape index (κ3) is 4.21. The van der Waals surface area contributed by atoms with Gasteiger partial charge in [0.05, 0.1) is 12.7 Å². The van der Waals surface area contributed by atoms with E-state index in [0.29, 0.717) is 11.3 Å². The highest BCUT2D eigenvalue weighted by Gasteiger charge is 2.08. The molecular weight excluding hydrogens is 284 g/mol. The molecule has 0 fully saturated rings. The van der Waals surface area contributed by atoms with Gasteiger partial charge in [0.2, 0.25) is 0 Å². The fraction of sp³-hybridized carbons (Fsp3) is 0.0588. The van der Waals surface area contributed by atoms with Gasteiger partial charge in [-0.15, -0.1) is 0 Å². The summed E-state index contributed by atoms with van der Waals surface area (Å²) in [4.78, 5) is 22.9. The Balaban J connectivity index is 2.02. The molecule has 22 heavy (non-hydrogen) atoms. The number of rotatable bonds is 4. The zero-order chi connectivity index (χ0) is 15.9. The van der Waals surface area contributed by atoms with E-state index in [1.807, 2.05) is 0 Å². The Morgan fingerprint density at radius 2 is 1.64 bits per heavy atom. The van der Waals surface area contributed by atoms with E-state index >= 15 is 0 Å². The Morgan fingerprint density at radius 3 is 2.23 bits per heavy atom. The average molecular weight is 298 g/mol. The smallest absolute Gasteiger partial charge is 0.343 e. The van der Waals surface area contributed by atoms with Gasteiger partial charge in [0, 0.05) is 6.08 Å². The van der Waals surface area contributed by atoms with Crippen LogP contribution in [0.15, 0.2) is 54.6 Å². The summed E-state index contributed by atoms with van der Waals surface area (Å²) in [5, 5.41) is 9.17. The Morgan fingerprint density at radius 1 is 1.00 bits per heavy atom. The van der Waals surface area contributed by atoms with Crippen molar-refractivity contribution in [2.75, 3.05) is 7.11 Å². The third-order valence-corrected chi connectivity index (χ3v) is 2.81. The fourth-order valence-corrected chi connectivity index (χ4v) is 1.64. The highest BCUT2D eigenvalue weighted by atomic mass is 16.5. The zero-order valence-electron chi connectivity index (χ0n) is 11.9. The highest BCUT2D eigenvalue weighted by molar-refractivity contribution is 5.91. The van der Waals surface area contributed by atoms with Crippen LogP contribution in [0.25, 0.3) is 6.08 Å². The van der Waals surface area contributed by atoms with E-state index < -0.39 is 11.9 Å². The molecule has 0 atom stereocenters. The summed E-state index contributed by atoms with van der Waals surface area (Å²) in [6, 6.07) is 12.4. The van der Waals surface area contributed by atoms with Crippen molar-refractivity contribution >= 4 is 18.0 Å². The number of methoxy groups -OCH3 is 1. The number of aromatic hydroxyl groups is 1. The van der Waals surface area contributed by atoms with Crippen LogP contribution in [-0.2, 0) is 9.53 Å². The van der Waals surface area contributed by atoms with Crippen LogP contribution in [0.1, 0.15) is 15.9 Å². The second kappa shape index (κ2) is 7.08. The second-order valence-corrected chi connectivity index (χ2v) is 4.36. The molecule has 0 saturated carbocycles. The van der Waals surface area contributed by atoms with Gasteiger partial charge in [-0.25, -0.2) is 9.59 Å². The largest absolute Gasteiger partial charge is 0.508 e.